The van der Waals surface area contributed by atoms with Crippen molar-refractivity contribution in [3.05, 3.63) is 47.5 Å². The summed E-state index contributed by atoms with van der Waals surface area (Å²) in [6.45, 7) is 13.0. The number of piperidine rings is 1. The van der Waals surface area contributed by atoms with E-state index in [2.05, 4.69) is 38.7 Å². The number of benzene rings is 1. The third-order valence-corrected chi connectivity index (χ3v) is 5.75. The summed E-state index contributed by atoms with van der Waals surface area (Å²) in [6, 6.07) is 8.82. The summed E-state index contributed by atoms with van der Waals surface area (Å²) in [5, 5.41) is 4.85. The summed E-state index contributed by atoms with van der Waals surface area (Å²) in [7, 11) is 0. The number of nitrogens with zero attached hydrogens (tertiary/aromatic N) is 4. The van der Waals surface area contributed by atoms with Gasteiger partial charge in [0, 0.05) is 30.1 Å². The van der Waals surface area contributed by atoms with Crippen LogP contribution in [0.3, 0.4) is 0 Å². The zero-order valence-electron chi connectivity index (χ0n) is 17.5. The molecule has 1 aromatic carbocycles. The van der Waals surface area contributed by atoms with E-state index in [9.17, 15) is 4.39 Å². The van der Waals surface area contributed by atoms with Gasteiger partial charge in [0.15, 0.2) is 5.65 Å². The SMILES string of the molecule is Cc1nn2c(N3CCC(C)CC3)cc(C(C)(C)C)nc2c1-c1ccc(F)cc1. The molecule has 148 valence electrons. The largest absolute Gasteiger partial charge is 0.356 e. The van der Waals surface area contributed by atoms with Gasteiger partial charge in [-0.1, -0.05) is 39.8 Å². The van der Waals surface area contributed by atoms with Gasteiger partial charge in [-0.25, -0.2) is 9.37 Å². The van der Waals surface area contributed by atoms with Gasteiger partial charge in [0.2, 0.25) is 0 Å². The predicted molar refractivity (Wildman–Crippen MR) is 112 cm³/mol. The van der Waals surface area contributed by atoms with E-state index in [1.54, 1.807) is 0 Å². The minimum atomic E-state index is -0.232. The van der Waals surface area contributed by atoms with Crippen LogP contribution in [0.25, 0.3) is 16.8 Å². The van der Waals surface area contributed by atoms with Crippen LogP contribution in [0.4, 0.5) is 10.2 Å². The van der Waals surface area contributed by atoms with Gasteiger partial charge < -0.3 is 4.90 Å². The van der Waals surface area contributed by atoms with Crippen LogP contribution >= 0.6 is 0 Å². The Morgan fingerprint density at radius 3 is 2.32 bits per heavy atom. The number of hydrogen-bond donors (Lipinski definition) is 0. The van der Waals surface area contributed by atoms with Gasteiger partial charge in [0.25, 0.3) is 0 Å². The maximum absolute atomic E-state index is 13.5. The zero-order chi connectivity index (χ0) is 20.1. The Balaban J connectivity index is 1.94. The quantitative estimate of drug-likeness (QED) is 0.599. The van der Waals surface area contributed by atoms with Crippen LogP contribution in [0, 0.1) is 18.7 Å². The normalized spacial score (nSPS) is 16.1. The molecule has 0 unspecified atom stereocenters. The molecule has 0 N–H and O–H groups in total. The van der Waals surface area contributed by atoms with E-state index >= 15 is 0 Å². The lowest BCUT2D eigenvalue weighted by Gasteiger charge is -2.33. The summed E-state index contributed by atoms with van der Waals surface area (Å²) in [5.74, 6) is 1.65. The highest BCUT2D eigenvalue weighted by Gasteiger charge is 2.25. The van der Waals surface area contributed by atoms with Gasteiger partial charge in [-0.2, -0.15) is 9.61 Å². The van der Waals surface area contributed by atoms with Gasteiger partial charge >= 0.3 is 0 Å². The lowest BCUT2D eigenvalue weighted by molar-refractivity contribution is 0.434. The third-order valence-electron chi connectivity index (χ3n) is 5.75. The Morgan fingerprint density at radius 2 is 1.71 bits per heavy atom. The molecule has 2 aromatic heterocycles. The fraction of sp³-hybridized carbons (Fsp3) is 0.478. The van der Waals surface area contributed by atoms with Crippen LogP contribution in [0.1, 0.15) is 51.9 Å². The fourth-order valence-electron chi connectivity index (χ4n) is 3.91. The van der Waals surface area contributed by atoms with E-state index in [-0.39, 0.29) is 11.2 Å². The second-order valence-corrected chi connectivity index (χ2v) is 9.12. The Labute approximate surface area is 166 Å². The zero-order valence-corrected chi connectivity index (χ0v) is 17.5. The molecular weight excluding hydrogens is 351 g/mol. The first-order valence-electron chi connectivity index (χ1n) is 10.2. The standard InChI is InChI=1S/C23H29FN4/c1-15-10-12-27(13-11-15)20-14-19(23(3,4)5)25-22-21(16(2)26-28(20)22)17-6-8-18(24)9-7-17/h6-9,14-15H,10-13H2,1-5H3. The van der Waals surface area contributed by atoms with E-state index in [1.807, 2.05) is 23.6 Å². The van der Waals surface area contributed by atoms with Crippen molar-refractivity contribution in [2.24, 2.45) is 5.92 Å². The number of halogens is 1. The maximum atomic E-state index is 13.5. The maximum Gasteiger partial charge on any atom is 0.165 e. The van der Waals surface area contributed by atoms with E-state index < -0.39 is 0 Å². The lowest BCUT2D eigenvalue weighted by atomic mass is 9.91. The number of fused-ring (bicyclic) bond motifs is 1. The van der Waals surface area contributed by atoms with Crippen molar-refractivity contribution in [1.82, 2.24) is 14.6 Å². The fourth-order valence-corrected chi connectivity index (χ4v) is 3.91. The molecule has 5 heteroatoms. The van der Waals surface area contributed by atoms with E-state index in [1.165, 1.54) is 25.0 Å². The Kier molecular flexibility index (Phi) is 4.64. The van der Waals surface area contributed by atoms with Crippen LogP contribution in [0.2, 0.25) is 0 Å². The minimum absolute atomic E-state index is 0.0716. The monoisotopic (exact) mass is 380 g/mol. The van der Waals surface area contributed by atoms with Crippen molar-refractivity contribution >= 4 is 11.5 Å². The number of hydrogen-bond acceptors (Lipinski definition) is 3. The van der Waals surface area contributed by atoms with Crippen LogP contribution in [0.15, 0.2) is 30.3 Å². The summed E-state index contributed by atoms with van der Waals surface area (Å²) in [6.07, 6.45) is 2.39. The Bertz CT molecular complexity index is 990. The van der Waals surface area contributed by atoms with Crippen molar-refractivity contribution in [2.45, 2.75) is 52.9 Å². The second kappa shape index (κ2) is 6.87. The highest BCUT2D eigenvalue weighted by molar-refractivity contribution is 5.81. The minimum Gasteiger partial charge on any atom is -0.356 e. The molecule has 0 saturated carbocycles. The Hall–Kier alpha value is -2.43. The number of rotatable bonds is 2. The molecule has 0 radical (unpaired) electrons. The van der Waals surface area contributed by atoms with Crippen molar-refractivity contribution < 1.29 is 4.39 Å². The summed E-state index contributed by atoms with van der Waals surface area (Å²) < 4.78 is 15.4. The molecule has 3 aromatic rings. The van der Waals surface area contributed by atoms with Crippen LogP contribution < -0.4 is 4.90 Å². The van der Waals surface area contributed by atoms with Crippen molar-refractivity contribution in [2.75, 3.05) is 18.0 Å². The van der Waals surface area contributed by atoms with Crippen molar-refractivity contribution in [1.29, 1.82) is 0 Å². The molecule has 4 nitrogen and oxygen atoms in total. The van der Waals surface area contributed by atoms with Gasteiger partial charge in [0.1, 0.15) is 11.6 Å². The molecule has 0 bridgehead atoms. The number of aromatic nitrogens is 3. The highest BCUT2D eigenvalue weighted by Crippen LogP contribution is 2.34. The van der Waals surface area contributed by atoms with Crippen molar-refractivity contribution in [3.63, 3.8) is 0 Å². The molecule has 0 aliphatic carbocycles. The average molecular weight is 381 g/mol. The summed E-state index contributed by atoms with van der Waals surface area (Å²) >= 11 is 0. The molecule has 1 fully saturated rings. The predicted octanol–water partition coefficient (Wildman–Crippen LogP) is 5.38. The molecule has 0 spiro atoms. The first kappa shape index (κ1) is 18.9. The molecule has 4 rings (SSSR count). The number of aryl methyl sites for hydroxylation is 1. The number of anilines is 1. The first-order chi connectivity index (χ1) is 13.2. The van der Waals surface area contributed by atoms with E-state index in [0.717, 1.165) is 53.0 Å². The Morgan fingerprint density at radius 1 is 1.07 bits per heavy atom. The second-order valence-electron chi connectivity index (χ2n) is 9.12. The van der Waals surface area contributed by atoms with Crippen molar-refractivity contribution in [3.8, 4) is 11.1 Å². The molecule has 0 atom stereocenters. The molecule has 1 aliphatic heterocycles. The molecule has 3 heterocycles. The molecule has 1 saturated heterocycles. The van der Waals surface area contributed by atoms with E-state index in [0.29, 0.717) is 0 Å². The van der Waals surface area contributed by atoms with Gasteiger partial charge in [-0.15, -0.1) is 0 Å². The first-order valence-corrected chi connectivity index (χ1v) is 10.2. The van der Waals surface area contributed by atoms with Gasteiger partial charge in [-0.05, 0) is 43.4 Å². The molecular formula is C23H29FN4. The van der Waals surface area contributed by atoms with Gasteiger partial charge in [0.05, 0.1) is 11.4 Å². The summed E-state index contributed by atoms with van der Waals surface area (Å²) in [5.41, 5.74) is 4.68. The average Bonchev–Trinajstić information content (AvgIpc) is 2.97. The summed E-state index contributed by atoms with van der Waals surface area (Å²) in [4.78, 5) is 7.45. The van der Waals surface area contributed by atoms with Crippen LogP contribution in [-0.4, -0.2) is 27.7 Å². The molecule has 0 amide bonds. The lowest BCUT2D eigenvalue weighted by Crippen LogP contribution is -2.34. The van der Waals surface area contributed by atoms with Crippen LogP contribution in [-0.2, 0) is 5.41 Å². The molecule has 28 heavy (non-hydrogen) atoms. The van der Waals surface area contributed by atoms with Crippen LogP contribution in [0.5, 0.6) is 0 Å². The molecule has 1 aliphatic rings. The third kappa shape index (κ3) is 3.38. The highest BCUT2D eigenvalue weighted by atomic mass is 19.1. The smallest absolute Gasteiger partial charge is 0.165 e. The topological polar surface area (TPSA) is 33.4 Å². The van der Waals surface area contributed by atoms with E-state index in [4.69, 9.17) is 10.1 Å². The van der Waals surface area contributed by atoms with Gasteiger partial charge in [-0.3, -0.25) is 0 Å².